The van der Waals surface area contributed by atoms with Crippen LogP contribution in [-0.2, 0) is 16.0 Å². The summed E-state index contributed by atoms with van der Waals surface area (Å²) in [6.45, 7) is 5.70. The van der Waals surface area contributed by atoms with Crippen LogP contribution in [0.25, 0.3) is 16.6 Å². The molecule has 146 valence electrons. The Morgan fingerprint density at radius 2 is 2.04 bits per heavy atom. The van der Waals surface area contributed by atoms with Gasteiger partial charge in [-0.3, -0.25) is 4.79 Å². The van der Waals surface area contributed by atoms with Crippen LogP contribution in [0.3, 0.4) is 0 Å². The molecule has 3 aromatic rings. The average Bonchev–Trinajstić information content (AvgIpc) is 3.03. The molecule has 0 spiro atoms. The molecule has 0 saturated heterocycles. The molecule has 1 atom stereocenters. The first-order valence-corrected chi connectivity index (χ1v) is 9.29. The fourth-order valence-electron chi connectivity index (χ4n) is 3.34. The van der Waals surface area contributed by atoms with Gasteiger partial charge in [-0.05, 0) is 51.3 Å². The largest absolute Gasteiger partial charge is 0.480 e. The van der Waals surface area contributed by atoms with E-state index in [-0.39, 0.29) is 18.7 Å². The van der Waals surface area contributed by atoms with Crippen molar-refractivity contribution in [3.05, 3.63) is 53.4 Å². The monoisotopic (exact) mass is 380 g/mol. The van der Waals surface area contributed by atoms with Gasteiger partial charge in [-0.25, -0.2) is 14.3 Å². The Morgan fingerprint density at radius 3 is 2.75 bits per heavy atom. The van der Waals surface area contributed by atoms with E-state index in [1.54, 1.807) is 12.2 Å². The van der Waals surface area contributed by atoms with Crippen molar-refractivity contribution in [1.82, 2.24) is 19.9 Å². The second kappa shape index (κ2) is 8.21. The highest BCUT2D eigenvalue weighted by Gasteiger charge is 2.19. The summed E-state index contributed by atoms with van der Waals surface area (Å²) in [6.07, 6.45) is 4.42. The third-order valence-corrected chi connectivity index (χ3v) is 4.86. The summed E-state index contributed by atoms with van der Waals surface area (Å²) in [4.78, 5) is 28.3. The predicted octanol–water partition coefficient (Wildman–Crippen LogP) is 2.97. The first-order valence-electron chi connectivity index (χ1n) is 9.29. The highest BCUT2D eigenvalue weighted by Crippen LogP contribution is 2.22. The number of carbonyl (C=O) groups is 2. The normalized spacial score (nSPS) is 12.7. The lowest BCUT2D eigenvalue weighted by molar-refractivity contribution is -0.141. The number of carbonyl (C=O) groups excluding carboxylic acids is 1. The van der Waals surface area contributed by atoms with Crippen molar-refractivity contribution in [2.75, 3.05) is 0 Å². The molecule has 1 aromatic carbocycles. The number of carboxylic acids is 1. The van der Waals surface area contributed by atoms with Gasteiger partial charge in [0, 0.05) is 23.2 Å². The van der Waals surface area contributed by atoms with Crippen LogP contribution >= 0.6 is 0 Å². The van der Waals surface area contributed by atoms with Gasteiger partial charge in [-0.1, -0.05) is 24.3 Å². The first kappa shape index (κ1) is 19.5. The van der Waals surface area contributed by atoms with Crippen molar-refractivity contribution in [1.29, 1.82) is 0 Å². The molecule has 2 aromatic heterocycles. The fourth-order valence-corrected chi connectivity index (χ4v) is 3.34. The maximum Gasteiger partial charge on any atom is 0.326 e. The summed E-state index contributed by atoms with van der Waals surface area (Å²) in [6, 6.07) is 6.93. The lowest BCUT2D eigenvalue weighted by Gasteiger charge is -2.14. The topological polar surface area (TPSA) is 96.6 Å². The molecule has 2 heterocycles. The molecule has 0 fully saturated rings. The van der Waals surface area contributed by atoms with E-state index in [2.05, 4.69) is 10.4 Å². The predicted molar refractivity (Wildman–Crippen MR) is 107 cm³/mol. The third kappa shape index (κ3) is 3.88. The van der Waals surface area contributed by atoms with Crippen LogP contribution in [0.2, 0.25) is 0 Å². The van der Waals surface area contributed by atoms with Gasteiger partial charge in [0.15, 0.2) is 5.65 Å². The number of nitrogens with zero attached hydrogens (tertiary/aromatic N) is 3. The molecule has 7 heteroatoms. The van der Waals surface area contributed by atoms with Gasteiger partial charge in [0.25, 0.3) is 0 Å². The fraction of sp³-hybridized carbons (Fsp3) is 0.333. The molecule has 0 radical (unpaired) electrons. The lowest BCUT2D eigenvalue weighted by atomic mass is 10.1. The zero-order valence-electron chi connectivity index (χ0n) is 16.3. The smallest absolute Gasteiger partial charge is 0.326 e. The van der Waals surface area contributed by atoms with Crippen molar-refractivity contribution in [3.8, 4) is 0 Å². The van der Waals surface area contributed by atoms with Gasteiger partial charge in [-0.2, -0.15) is 5.10 Å². The number of carboxylic acid groups (broad SMARTS) is 1. The quantitative estimate of drug-likeness (QED) is 0.614. The van der Waals surface area contributed by atoms with Gasteiger partial charge in [0.05, 0.1) is 5.52 Å². The van der Waals surface area contributed by atoms with E-state index in [9.17, 15) is 14.7 Å². The molecule has 0 aliphatic carbocycles. The summed E-state index contributed by atoms with van der Waals surface area (Å²) in [5.41, 5.74) is 4.43. The SMILES string of the molecule is C/C=C/CC(NC(=O)CCc1c(C)nc2c3ccccc3nn2c1C)C(=O)O. The Hall–Kier alpha value is -3.22. The summed E-state index contributed by atoms with van der Waals surface area (Å²) in [5.74, 6) is -1.33. The standard InChI is InChI=1S/C21H24N4O3/c1-4-5-9-18(21(27)28)23-19(26)12-11-15-13(2)22-20-16-8-6-7-10-17(16)24-25(20)14(15)3/h4-8,10,18H,9,11-12H2,1-3H3,(H,23,26)(H,27,28)/b5-4+. The molecular formula is C21H24N4O3. The zero-order chi connectivity index (χ0) is 20.3. The molecule has 2 N–H and O–H groups in total. The summed E-state index contributed by atoms with van der Waals surface area (Å²) in [5, 5.41) is 17.4. The number of nitrogens with one attached hydrogen (secondary N) is 1. The van der Waals surface area contributed by atoms with Crippen LogP contribution in [0.15, 0.2) is 36.4 Å². The van der Waals surface area contributed by atoms with E-state index < -0.39 is 12.0 Å². The number of aliphatic carboxylic acids is 1. The highest BCUT2D eigenvalue weighted by atomic mass is 16.4. The summed E-state index contributed by atoms with van der Waals surface area (Å²) in [7, 11) is 0. The third-order valence-electron chi connectivity index (χ3n) is 4.86. The van der Waals surface area contributed by atoms with E-state index in [4.69, 9.17) is 4.98 Å². The van der Waals surface area contributed by atoms with Gasteiger partial charge in [-0.15, -0.1) is 0 Å². The summed E-state index contributed by atoms with van der Waals surface area (Å²) >= 11 is 0. The van der Waals surface area contributed by atoms with Crippen LogP contribution in [0, 0.1) is 13.8 Å². The van der Waals surface area contributed by atoms with Gasteiger partial charge >= 0.3 is 5.97 Å². The van der Waals surface area contributed by atoms with E-state index in [0.717, 1.165) is 33.5 Å². The average molecular weight is 380 g/mol. The Labute approximate surface area is 163 Å². The number of fused-ring (bicyclic) bond motifs is 3. The van der Waals surface area contributed by atoms with E-state index in [0.29, 0.717) is 6.42 Å². The molecule has 1 unspecified atom stereocenters. The Bertz CT molecular complexity index is 1070. The molecule has 28 heavy (non-hydrogen) atoms. The van der Waals surface area contributed by atoms with Gasteiger partial charge < -0.3 is 10.4 Å². The number of hydrogen-bond acceptors (Lipinski definition) is 4. The number of hydrogen-bond donors (Lipinski definition) is 2. The molecule has 3 rings (SSSR count). The van der Waals surface area contributed by atoms with Crippen LogP contribution < -0.4 is 5.32 Å². The molecule has 0 aliphatic heterocycles. The minimum Gasteiger partial charge on any atom is -0.480 e. The second-order valence-electron chi connectivity index (χ2n) is 6.78. The number of aryl methyl sites for hydroxylation is 2. The number of amides is 1. The Kier molecular flexibility index (Phi) is 5.73. The van der Waals surface area contributed by atoms with E-state index in [1.807, 2.05) is 49.6 Å². The molecule has 1 amide bonds. The maximum absolute atomic E-state index is 12.3. The molecule has 7 nitrogen and oxygen atoms in total. The highest BCUT2D eigenvalue weighted by molar-refractivity contribution is 5.92. The second-order valence-corrected chi connectivity index (χ2v) is 6.78. The number of benzene rings is 1. The molecular weight excluding hydrogens is 356 g/mol. The van der Waals surface area contributed by atoms with Crippen LogP contribution in [0.1, 0.15) is 36.7 Å². The van der Waals surface area contributed by atoms with Crippen molar-refractivity contribution < 1.29 is 14.7 Å². The minimum absolute atomic E-state index is 0.190. The van der Waals surface area contributed by atoms with Crippen molar-refractivity contribution in [2.45, 2.75) is 46.1 Å². The first-order chi connectivity index (χ1) is 13.4. The van der Waals surface area contributed by atoms with Crippen LogP contribution in [0.4, 0.5) is 0 Å². The number of aromatic nitrogens is 3. The van der Waals surface area contributed by atoms with Crippen molar-refractivity contribution in [3.63, 3.8) is 0 Å². The van der Waals surface area contributed by atoms with E-state index >= 15 is 0 Å². The Morgan fingerprint density at radius 1 is 1.29 bits per heavy atom. The van der Waals surface area contributed by atoms with Gasteiger partial charge in [0.1, 0.15) is 6.04 Å². The zero-order valence-corrected chi connectivity index (χ0v) is 16.3. The lowest BCUT2D eigenvalue weighted by Crippen LogP contribution is -2.40. The van der Waals surface area contributed by atoms with Crippen molar-refractivity contribution >= 4 is 28.4 Å². The minimum atomic E-state index is -1.04. The number of allylic oxidation sites excluding steroid dienone is 1. The van der Waals surface area contributed by atoms with Crippen LogP contribution in [-0.4, -0.2) is 37.6 Å². The molecule has 0 aliphatic rings. The molecule has 0 bridgehead atoms. The van der Waals surface area contributed by atoms with E-state index in [1.165, 1.54) is 0 Å². The molecule has 0 saturated carbocycles. The summed E-state index contributed by atoms with van der Waals surface area (Å²) < 4.78 is 1.82. The van der Waals surface area contributed by atoms with Crippen molar-refractivity contribution in [2.24, 2.45) is 0 Å². The number of rotatable bonds is 7. The maximum atomic E-state index is 12.3. The Balaban J connectivity index is 1.79. The van der Waals surface area contributed by atoms with Gasteiger partial charge in [0.2, 0.25) is 5.91 Å². The van der Waals surface area contributed by atoms with Crippen LogP contribution in [0.5, 0.6) is 0 Å².